The molecule has 0 fully saturated rings. The van der Waals surface area contributed by atoms with Crippen molar-refractivity contribution in [2.75, 3.05) is 11.1 Å². The number of nitrogens with one attached hydrogen (secondary N) is 1. The molecule has 4 nitrogen and oxygen atoms in total. The van der Waals surface area contributed by atoms with Gasteiger partial charge in [-0.3, -0.25) is 0 Å². The van der Waals surface area contributed by atoms with Gasteiger partial charge in [-0.25, -0.2) is 18.2 Å². The number of aromatic nitrogens is 2. The Morgan fingerprint density at radius 2 is 1.72 bits per heavy atom. The minimum Gasteiger partial charge on any atom is -0.368 e. The van der Waals surface area contributed by atoms with Crippen LogP contribution in [0.4, 0.5) is 30.6 Å². The minimum atomic E-state index is -0.890. The topological polar surface area (TPSA) is 63.8 Å². The summed E-state index contributed by atoms with van der Waals surface area (Å²) >= 11 is 2.93. The molecular weight excluding hydrogens is 313 g/mol. The molecule has 0 aliphatic carbocycles. The Morgan fingerprint density at radius 3 is 2.33 bits per heavy atom. The van der Waals surface area contributed by atoms with Crippen molar-refractivity contribution in [2.45, 2.75) is 0 Å². The van der Waals surface area contributed by atoms with E-state index in [4.69, 9.17) is 5.73 Å². The zero-order valence-corrected chi connectivity index (χ0v) is 10.3. The maximum absolute atomic E-state index is 13.5. The average molecular weight is 319 g/mol. The number of halogens is 4. The molecule has 0 amide bonds. The number of rotatable bonds is 2. The molecule has 2 aromatic rings. The summed E-state index contributed by atoms with van der Waals surface area (Å²) in [5, 5.41) is 2.20. The number of anilines is 3. The van der Waals surface area contributed by atoms with Crippen molar-refractivity contribution in [1.29, 1.82) is 0 Å². The highest BCUT2D eigenvalue weighted by Crippen LogP contribution is 2.27. The third-order valence-corrected chi connectivity index (χ3v) is 2.47. The number of hydrogen-bond donors (Lipinski definition) is 2. The van der Waals surface area contributed by atoms with E-state index in [0.717, 1.165) is 18.3 Å². The van der Waals surface area contributed by atoms with E-state index in [0.29, 0.717) is 0 Å². The molecular formula is C10H6BrF3N4. The molecule has 18 heavy (non-hydrogen) atoms. The lowest BCUT2D eigenvalue weighted by molar-refractivity contribution is 0.586. The van der Waals surface area contributed by atoms with Crippen LogP contribution in [0.25, 0.3) is 0 Å². The first-order valence-corrected chi connectivity index (χ1v) is 5.46. The summed E-state index contributed by atoms with van der Waals surface area (Å²) in [6, 6.07) is 2.07. The van der Waals surface area contributed by atoms with Crippen molar-refractivity contribution in [3.63, 3.8) is 0 Å². The van der Waals surface area contributed by atoms with Crippen LogP contribution in [0.2, 0.25) is 0 Å². The normalized spacial score (nSPS) is 10.4. The van der Waals surface area contributed by atoms with Crippen molar-refractivity contribution in [3.05, 3.63) is 40.3 Å². The summed E-state index contributed by atoms with van der Waals surface area (Å²) < 4.78 is 40.5. The van der Waals surface area contributed by atoms with E-state index in [-0.39, 0.29) is 10.4 Å². The van der Waals surface area contributed by atoms with Crippen LogP contribution in [0.3, 0.4) is 0 Å². The maximum atomic E-state index is 13.5. The first-order valence-electron chi connectivity index (χ1n) is 4.67. The average Bonchev–Trinajstić information content (AvgIpc) is 2.28. The van der Waals surface area contributed by atoms with Crippen LogP contribution in [-0.4, -0.2) is 9.97 Å². The zero-order valence-electron chi connectivity index (χ0n) is 8.72. The lowest BCUT2D eigenvalue weighted by Gasteiger charge is -2.09. The molecule has 0 atom stereocenters. The predicted octanol–water partition coefficient (Wildman–Crippen LogP) is 2.98. The Morgan fingerprint density at radius 1 is 1.11 bits per heavy atom. The molecule has 0 bridgehead atoms. The van der Waals surface area contributed by atoms with Crippen molar-refractivity contribution < 1.29 is 13.2 Å². The minimum absolute atomic E-state index is 0.211. The second-order valence-corrected chi connectivity index (χ2v) is 4.21. The van der Waals surface area contributed by atoms with Crippen molar-refractivity contribution in [3.8, 4) is 0 Å². The number of hydrogen-bond acceptors (Lipinski definition) is 4. The first kappa shape index (κ1) is 12.6. The van der Waals surface area contributed by atoms with Gasteiger partial charge in [0.05, 0.1) is 6.20 Å². The molecule has 1 aromatic heterocycles. The van der Waals surface area contributed by atoms with Crippen LogP contribution < -0.4 is 11.1 Å². The van der Waals surface area contributed by atoms with E-state index in [1.54, 1.807) is 0 Å². The molecule has 3 N–H and O–H groups in total. The molecule has 0 radical (unpaired) electrons. The van der Waals surface area contributed by atoms with Crippen LogP contribution in [-0.2, 0) is 0 Å². The molecule has 2 rings (SSSR count). The van der Waals surface area contributed by atoms with Crippen LogP contribution in [0.5, 0.6) is 0 Å². The van der Waals surface area contributed by atoms with Gasteiger partial charge in [0.2, 0.25) is 5.95 Å². The molecule has 0 unspecified atom stereocenters. The van der Waals surface area contributed by atoms with Gasteiger partial charge in [0.15, 0.2) is 23.3 Å². The molecule has 8 heteroatoms. The second kappa shape index (κ2) is 4.81. The zero-order chi connectivity index (χ0) is 13.3. The van der Waals surface area contributed by atoms with Gasteiger partial charge in [-0.15, -0.1) is 0 Å². The molecule has 0 spiro atoms. The highest BCUT2D eigenvalue weighted by Gasteiger charge is 2.14. The van der Waals surface area contributed by atoms with Crippen LogP contribution in [0.1, 0.15) is 0 Å². The lowest BCUT2D eigenvalue weighted by Crippen LogP contribution is -2.05. The third-order valence-electron chi connectivity index (χ3n) is 2.01. The molecule has 0 saturated heterocycles. The van der Waals surface area contributed by atoms with Crippen molar-refractivity contribution in [2.24, 2.45) is 0 Å². The fourth-order valence-corrected chi connectivity index (χ4v) is 1.65. The summed E-state index contributed by atoms with van der Waals surface area (Å²) in [5.41, 5.74) is 4.74. The van der Waals surface area contributed by atoms with Gasteiger partial charge in [0.25, 0.3) is 0 Å². The monoisotopic (exact) mass is 318 g/mol. The summed E-state index contributed by atoms with van der Waals surface area (Å²) in [4.78, 5) is 6.90. The fourth-order valence-electron chi connectivity index (χ4n) is 1.25. The van der Waals surface area contributed by atoms with Crippen molar-refractivity contribution >= 4 is 33.4 Å². The quantitative estimate of drug-likeness (QED) is 0.893. The van der Waals surface area contributed by atoms with E-state index < -0.39 is 29.0 Å². The van der Waals surface area contributed by atoms with Gasteiger partial charge in [0, 0.05) is 4.47 Å². The van der Waals surface area contributed by atoms with Gasteiger partial charge < -0.3 is 11.1 Å². The largest absolute Gasteiger partial charge is 0.368 e. The number of nitrogens with zero attached hydrogens (tertiary/aromatic N) is 2. The lowest BCUT2D eigenvalue weighted by atomic mass is 10.3. The molecule has 0 aliphatic rings. The highest BCUT2D eigenvalue weighted by atomic mass is 79.9. The number of nitrogen functional groups attached to an aromatic ring is 1. The highest BCUT2D eigenvalue weighted by molar-refractivity contribution is 9.10. The Bertz CT molecular complexity index is 583. The van der Waals surface area contributed by atoms with E-state index >= 15 is 0 Å². The van der Waals surface area contributed by atoms with Gasteiger partial charge in [-0.2, -0.15) is 4.98 Å². The van der Waals surface area contributed by atoms with Crippen LogP contribution in [0.15, 0.2) is 22.8 Å². The number of nitrogens with two attached hydrogens (primary N) is 1. The molecule has 94 valence electrons. The van der Waals surface area contributed by atoms with E-state index in [1.807, 2.05) is 0 Å². The van der Waals surface area contributed by atoms with E-state index in [2.05, 4.69) is 31.2 Å². The smallest absolute Gasteiger partial charge is 0.222 e. The van der Waals surface area contributed by atoms with Crippen molar-refractivity contribution in [1.82, 2.24) is 9.97 Å². The standard InChI is InChI=1S/C10H6BrF3N4/c11-4-1-5(12)8(6(13)2-4)17-9-7(14)3-16-10(15)18-9/h1-3H,(H3,15,16,17,18). The van der Waals surface area contributed by atoms with Crippen LogP contribution in [0, 0.1) is 17.5 Å². The predicted molar refractivity (Wildman–Crippen MR) is 63.7 cm³/mol. The Balaban J connectivity index is 2.43. The fraction of sp³-hybridized carbons (Fsp3) is 0. The summed E-state index contributed by atoms with van der Waals surface area (Å²) in [6.45, 7) is 0. The Hall–Kier alpha value is -1.83. The Labute approximate surface area is 108 Å². The van der Waals surface area contributed by atoms with E-state index in [1.165, 1.54) is 0 Å². The molecule has 1 heterocycles. The summed E-state index contributed by atoms with van der Waals surface area (Å²) in [5.74, 6) is -3.26. The first-order chi connectivity index (χ1) is 8.47. The molecule has 0 aliphatic heterocycles. The molecule has 0 saturated carbocycles. The second-order valence-electron chi connectivity index (χ2n) is 3.29. The molecule has 1 aromatic carbocycles. The maximum Gasteiger partial charge on any atom is 0.222 e. The van der Waals surface area contributed by atoms with Gasteiger partial charge in [-0.05, 0) is 12.1 Å². The number of benzene rings is 1. The summed E-state index contributed by atoms with van der Waals surface area (Å²) in [6.07, 6.45) is 0.805. The van der Waals surface area contributed by atoms with E-state index in [9.17, 15) is 13.2 Å². The Kier molecular flexibility index (Phi) is 3.37. The van der Waals surface area contributed by atoms with Gasteiger partial charge in [-0.1, -0.05) is 15.9 Å². The third kappa shape index (κ3) is 2.53. The van der Waals surface area contributed by atoms with Gasteiger partial charge in [0.1, 0.15) is 5.69 Å². The van der Waals surface area contributed by atoms with Gasteiger partial charge >= 0.3 is 0 Å². The summed E-state index contributed by atoms with van der Waals surface area (Å²) in [7, 11) is 0. The van der Waals surface area contributed by atoms with Crippen LogP contribution >= 0.6 is 15.9 Å². The SMILES string of the molecule is Nc1ncc(F)c(Nc2c(F)cc(Br)cc2F)n1.